The molecule has 1 N–H and O–H groups in total. The molecule has 0 bridgehead atoms. The molecule has 0 saturated carbocycles. The van der Waals surface area contributed by atoms with Gasteiger partial charge in [0, 0.05) is 12.3 Å². The Morgan fingerprint density at radius 2 is 2.38 bits per heavy atom. The highest BCUT2D eigenvalue weighted by Crippen LogP contribution is 1.92. The molecule has 0 spiro atoms. The molecule has 0 aromatic heterocycles. The third-order valence-corrected chi connectivity index (χ3v) is 2.07. The summed E-state index contributed by atoms with van der Waals surface area (Å²) in [6, 6.07) is 0. The molecule has 0 aromatic carbocycles. The normalized spacial score (nSPS) is 9.69. The molecule has 0 unspecified atom stereocenters. The van der Waals surface area contributed by atoms with Crippen LogP contribution in [0.4, 0.5) is 0 Å². The van der Waals surface area contributed by atoms with Crippen LogP contribution in [0.15, 0.2) is 0 Å². The number of carbonyl (C=O) groups is 1. The lowest BCUT2D eigenvalue weighted by molar-refractivity contribution is -0.121. The number of amides is 1. The summed E-state index contributed by atoms with van der Waals surface area (Å²) >= 11 is 1.77. The van der Waals surface area contributed by atoms with Crippen molar-refractivity contribution < 1.29 is 4.79 Å². The highest BCUT2D eigenvalue weighted by Gasteiger charge is 2.03. The molecule has 0 saturated heterocycles. The van der Waals surface area contributed by atoms with E-state index in [-0.39, 0.29) is 5.91 Å². The van der Waals surface area contributed by atoms with Crippen molar-refractivity contribution in [2.75, 3.05) is 38.7 Å². The van der Waals surface area contributed by atoms with Gasteiger partial charge in [0.2, 0.25) is 5.91 Å². The molecule has 0 atom stereocenters. The van der Waals surface area contributed by atoms with Gasteiger partial charge in [-0.1, -0.05) is 5.92 Å². The minimum absolute atomic E-state index is 0.0125. The second kappa shape index (κ2) is 7.96. The van der Waals surface area contributed by atoms with Crippen molar-refractivity contribution in [1.82, 2.24) is 10.2 Å². The van der Waals surface area contributed by atoms with Crippen LogP contribution in [0.2, 0.25) is 0 Å². The quantitative estimate of drug-likeness (QED) is 0.614. The summed E-state index contributed by atoms with van der Waals surface area (Å²) in [6.07, 6.45) is 7.05. The van der Waals surface area contributed by atoms with Crippen LogP contribution >= 0.6 is 11.8 Å². The molecule has 4 heteroatoms. The van der Waals surface area contributed by atoms with Crippen molar-refractivity contribution in [3.63, 3.8) is 0 Å². The van der Waals surface area contributed by atoms with Crippen LogP contribution < -0.4 is 5.32 Å². The van der Waals surface area contributed by atoms with Gasteiger partial charge in [0.1, 0.15) is 0 Å². The van der Waals surface area contributed by atoms with Crippen LogP contribution in [0, 0.1) is 12.3 Å². The number of nitrogens with zero attached hydrogens (tertiary/aromatic N) is 1. The van der Waals surface area contributed by atoms with Crippen LogP contribution in [0.3, 0.4) is 0 Å². The minimum atomic E-state index is -0.0125. The van der Waals surface area contributed by atoms with Crippen molar-refractivity contribution in [3.8, 4) is 12.3 Å². The predicted octanol–water partition coefficient (Wildman–Crippen LogP) is 0.0306. The first-order valence-electron chi connectivity index (χ1n) is 4.08. The number of carbonyl (C=O) groups excluding carboxylic acids is 1. The first-order chi connectivity index (χ1) is 6.20. The standard InChI is InChI=1S/C9H16N2OS/c1-4-5-10-9(12)8-11(2)6-7-13-3/h1H,5-8H2,2-3H3,(H,10,12). The molecule has 0 aliphatic heterocycles. The summed E-state index contributed by atoms with van der Waals surface area (Å²) in [5, 5.41) is 2.62. The molecule has 13 heavy (non-hydrogen) atoms. The van der Waals surface area contributed by atoms with Crippen molar-refractivity contribution in [2.45, 2.75) is 0 Å². The number of rotatable bonds is 6. The molecule has 0 fully saturated rings. The minimum Gasteiger partial charge on any atom is -0.344 e. The highest BCUT2D eigenvalue weighted by atomic mass is 32.2. The smallest absolute Gasteiger partial charge is 0.234 e. The Morgan fingerprint density at radius 3 is 2.92 bits per heavy atom. The fraction of sp³-hybridized carbons (Fsp3) is 0.667. The van der Waals surface area contributed by atoms with Crippen molar-refractivity contribution in [1.29, 1.82) is 0 Å². The van der Waals surface area contributed by atoms with Gasteiger partial charge in [-0.3, -0.25) is 9.69 Å². The fourth-order valence-electron chi connectivity index (χ4n) is 0.777. The van der Waals surface area contributed by atoms with E-state index in [0.717, 1.165) is 12.3 Å². The fourth-order valence-corrected chi connectivity index (χ4v) is 1.27. The van der Waals surface area contributed by atoms with Gasteiger partial charge in [0.15, 0.2) is 0 Å². The van der Waals surface area contributed by atoms with Gasteiger partial charge >= 0.3 is 0 Å². The first-order valence-corrected chi connectivity index (χ1v) is 5.47. The Bertz CT molecular complexity index is 189. The van der Waals surface area contributed by atoms with Crippen molar-refractivity contribution >= 4 is 17.7 Å². The lowest BCUT2D eigenvalue weighted by Crippen LogP contribution is -2.36. The number of hydrogen-bond donors (Lipinski definition) is 1. The first kappa shape index (κ1) is 12.3. The van der Waals surface area contributed by atoms with Gasteiger partial charge in [0.25, 0.3) is 0 Å². The molecule has 74 valence electrons. The molecule has 1 amide bonds. The average molecular weight is 200 g/mol. The zero-order valence-electron chi connectivity index (χ0n) is 8.17. The Labute approximate surface area is 84.3 Å². The number of likely N-dealkylation sites (N-methyl/N-ethyl adjacent to an activating group) is 1. The molecular formula is C9H16N2OS. The summed E-state index contributed by atoms with van der Waals surface area (Å²) in [5.74, 6) is 3.39. The topological polar surface area (TPSA) is 32.3 Å². The predicted molar refractivity (Wildman–Crippen MR) is 57.7 cm³/mol. The van der Waals surface area contributed by atoms with E-state index < -0.39 is 0 Å². The summed E-state index contributed by atoms with van der Waals surface area (Å²) in [7, 11) is 1.92. The lowest BCUT2D eigenvalue weighted by Gasteiger charge is -2.14. The van der Waals surface area contributed by atoms with Crippen molar-refractivity contribution in [3.05, 3.63) is 0 Å². The van der Waals surface area contributed by atoms with Gasteiger partial charge in [-0.15, -0.1) is 6.42 Å². The Balaban J connectivity index is 3.48. The van der Waals surface area contributed by atoms with Crippen molar-refractivity contribution in [2.24, 2.45) is 0 Å². The third kappa shape index (κ3) is 7.69. The van der Waals surface area contributed by atoms with Gasteiger partial charge in [0.05, 0.1) is 13.1 Å². The lowest BCUT2D eigenvalue weighted by atomic mass is 10.5. The van der Waals surface area contributed by atoms with E-state index >= 15 is 0 Å². The summed E-state index contributed by atoms with van der Waals surface area (Å²) < 4.78 is 0. The Kier molecular flexibility index (Phi) is 7.56. The second-order valence-electron chi connectivity index (χ2n) is 2.71. The third-order valence-electron chi connectivity index (χ3n) is 1.48. The number of nitrogens with one attached hydrogen (secondary N) is 1. The SMILES string of the molecule is C#CCNC(=O)CN(C)CCSC. The Hall–Kier alpha value is -0.660. The summed E-state index contributed by atoms with van der Waals surface area (Å²) in [6.45, 7) is 1.65. The van der Waals surface area contributed by atoms with Gasteiger partial charge in [-0.2, -0.15) is 11.8 Å². The van der Waals surface area contributed by atoms with E-state index in [1.54, 1.807) is 11.8 Å². The molecule has 0 heterocycles. The van der Waals surface area contributed by atoms with Gasteiger partial charge in [-0.25, -0.2) is 0 Å². The summed E-state index contributed by atoms with van der Waals surface area (Å²) in [4.78, 5) is 13.1. The number of hydrogen-bond acceptors (Lipinski definition) is 3. The van der Waals surface area contributed by atoms with Crippen LogP contribution in [-0.2, 0) is 4.79 Å². The highest BCUT2D eigenvalue weighted by molar-refractivity contribution is 7.98. The number of thioether (sulfide) groups is 1. The Morgan fingerprint density at radius 1 is 1.69 bits per heavy atom. The van der Waals surface area contributed by atoms with Crippen LogP contribution in [0.5, 0.6) is 0 Å². The van der Waals surface area contributed by atoms with Crippen LogP contribution in [-0.4, -0.2) is 49.5 Å². The molecule has 0 aromatic rings. The zero-order chi connectivity index (χ0) is 10.1. The largest absolute Gasteiger partial charge is 0.344 e. The zero-order valence-corrected chi connectivity index (χ0v) is 8.99. The van der Waals surface area contributed by atoms with Gasteiger partial charge < -0.3 is 5.32 Å². The van der Waals surface area contributed by atoms with E-state index in [4.69, 9.17) is 6.42 Å². The maximum Gasteiger partial charge on any atom is 0.234 e. The van der Waals surface area contributed by atoms with E-state index in [2.05, 4.69) is 11.2 Å². The van der Waals surface area contributed by atoms with Crippen LogP contribution in [0.25, 0.3) is 0 Å². The van der Waals surface area contributed by atoms with E-state index in [1.807, 2.05) is 18.2 Å². The summed E-state index contributed by atoms with van der Waals surface area (Å²) in [5.41, 5.74) is 0. The molecule has 0 aliphatic carbocycles. The molecular weight excluding hydrogens is 184 g/mol. The molecule has 0 radical (unpaired) electrons. The van der Waals surface area contributed by atoms with Gasteiger partial charge in [-0.05, 0) is 13.3 Å². The monoisotopic (exact) mass is 200 g/mol. The number of terminal acetylenes is 1. The molecule has 0 aliphatic rings. The van der Waals surface area contributed by atoms with E-state index in [1.165, 1.54) is 0 Å². The van der Waals surface area contributed by atoms with E-state index in [9.17, 15) is 4.79 Å². The average Bonchev–Trinajstić information content (AvgIpc) is 2.11. The van der Waals surface area contributed by atoms with E-state index in [0.29, 0.717) is 13.1 Å². The molecule has 3 nitrogen and oxygen atoms in total. The van der Waals surface area contributed by atoms with Crippen LogP contribution in [0.1, 0.15) is 0 Å². The maximum absolute atomic E-state index is 11.1. The maximum atomic E-state index is 11.1. The molecule has 0 rings (SSSR count). The second-order valence-corrected chi connectivity index (χ2v) is 3.70.